The first kappa shape index (κ1) is 21.4. The first-order valence-electron chi connectivity index (χ1n) is 10.4. The van der Waals surface area contributed by atoms with Crippen LogP contribution in [-0.4, -0.2) is 23.0 Å². The van der Waals surface area contributed by atoms with Crippen molar-refractivity contribution < 1.29 is 9.53 Å². The first-order valence-corrected chi connectivity index (χ1v) is 11.6. The van der Waals surface area contributed by atoms with Gasteiger partial charge in [-0.1, -0.05) is 71.5 Å². The van der Waals surface area contributed by atoms with Crippen LogP contribution in [0.5, 0.6) is 5.75 Å². The standard InChI is InChI=1S/C26H20ClN3O2S/c1-32-22-12-11-21(27)25-24(22)29-26(33-25)30(16-20-8-4-5-13-28-20)23(31)15-17-9-10-18-6-2-3-7-19(18)14-17/h2-14H,15-16H2,1H3. The number of aromatic nitrogens is 2. The van der Waals surface area contributed by atoms with Gasteiger partial charge in [0.2, 0.25) is 5.91 Å². The van der Waals surface area contributed by atoms with Crippen molar-refractivity contribution in [3.8, 4) is 5.75 Å². The molecule has 5 rings (SSSR count). The molecule has 0 radical (unpaired) electrons. The van der Waals surface area contributed by atoms with Crippen molar-refractivity contribution in [3.05, 3.63) is 95.3 Å². The highest BCUT2D eigenvalue weighted by atomic mass is 35.5. The molecule has 0 spiro atoms. The summed E-state index contributed by atoms with van der Waals surface area (Å²) in [4.78, 5) is 24.4. The SMILES string of the molecule is COc1ccc(Cl)c2sc(N(Cc3ccccn3)C(=O)Cc3ccc4ccccc4c3)nc12. The number of fused-ring (bicyclic) bond motifs is 2. The van der Waals surface area contributed by atoms with Gasteiger partial charge in [0.05, 0.1) is 35.5 Å². The number of benzene rings is 3. The van der Waals surface area contributed by atoms with Crippen molar-refractivity contribution in [2.75, 3.05) is 12.0 Å². The maximum atomic E-state index is 13.6. The molecule has 0 atom stereocenters. The number of hydrogen-bond acceptors (Lipinski definition) is 5. The van der Waals surface area contributed by atoms with Gasteiger partial charge < -0.3 is 4.74 Å². The monoisotopic (exact) mass is 473 g/mol. The predicted octanol–water partition coefficient (Wildman–Crippen LogP) is 6.28. The van der Waals surface area contributed by atoms with Gasteiger partial charge in [-0.15, -0.1) is 0 Å². The number of thiazole rings is 1. The fourth-order valence-electron chi connectivity index (χ4n) is 3.76. The minimum atomic E-state index is -0.0647. The molecule has 164 valence electrons. The zero-order valence-electron chi connectivity index (χ0n) is 17.9. The van der Waals surface area contributed by atoms with Gasteiger partial charge in [0.25, 0.3) is 0 Å². The summed E-state index contributed by atoms with van der Waals surface area (Å²) in [7, 11) is 1.60. The van der Waals surface area contributed by atoms with Gasteiger partial charge in [-0.2, -0.15) is 0 Å². The first-order chi connectivity index (χ1) is 16.1. The Labute approximate surface area is 200 Å². The van der Waals surface area contributed by atoms with E-state index in [0.717, 1.165) is 26.7 Å². The summed E-state index contributed by atoms with van der Waals surface area (Å²) < 4.78 is 6.25. The number of hydrogen-bond donors (Lipinski definition) is 0. The maximum absolute atomic E-state index is 13.6. The molecule has 0 unspecified atom stereocenters. The molecular formula is C26H20ClN3O2S. The third-order valence-electron chi connectivity index (χ3n) is 5.41. The molecule has 2 aromatic heterocycles. The van der Waals surface area contributed by atoms with Crippen LogP contribution in [0.1, 0.15) is 11.3 Å². The van der Waals surface area contributed by atoms with Crippen LogP contribution in [0, 0.1) is 0 Å². The van der Waals surface area contributed by atoms with Gasteiger partial charge in [0, 0.05) is 6.20 Å². The molecule has 3 aromatic carbocycles. The Balaban J connectivity index is 1.53. The topological polar surface area (TPSA) is 55.3 Å². The second-order valence-corrected chi connectivity index (χ2v) is 8.97. The Morgan fingerprint density at radius 2 is 1.85 bits per heavy atom. The summed E-state index contributed by atoms with van der Waals surface area (Å²) in [6.07, 6.45) is 1.97. The van der Waals surface area contributed by atoms with Crippen LogP contribution in [0.25, 0.3) is 21.0 Å². The number of anilines is 1. The number of carbonyl (C=O) groups excluding carboxylic acids is 1. The van der Waals surface area contributed by atoms with Crippen LogP contribution in [0.2, 0.25) is 5.02 Å². The smallest absolute Gasteiger partial charge is 0.233 e. The Hall–Kier alpha value is -3.48. The van der Waals surface area contributed by atoms with Crippen LogP contribution < -0.4 is 9.64 Å². The van der Waals surface area contributed by atoms with E-state index in [0.29, 0.717) is 28.0 Å². The van der Waals surface area contributed by atoms with Gasteiger partial charge in [-0.3, -0.25) is 14.7 Å². The minimum absolute atomic E-state index is 0.0647. The number of carbonyl (C=O) groups is 1. The number of methoxy groups -OCH3 is 1. The van der Waals surface area contributed by atoms with Gasteiger partial charge in [-0.05, 0) is 40.6 Å². The van der Waals surface area contributed by atoms with Crippen molar-refractivity contribution in [2.45, 2.75) is 13.0 Å². The van der Waals surface area contributed by atoms with E-state index in [-0.39, 0.29) is 12.3 Å². The number of ether oxygens (including phenoxy) is 1. The second-order valence-electron chi connectivity index (χ2n) is 7.58. The van der Waals surface area contributed by atoms with Crippen LogP contribution in [0.15, 0.2) is 79.0 Å². The lowest BCUT2D eigenvalue weighted by Gasteiger charge is -2.19. The van der Waals surface area contributed by atoms with Crippen molar-refractivity contribution in [1.82, 2.24) is 9.97 Å². The molecule has 2 heterocycles. The number of amides is 1. The molecule has 5 aromatic rings. The largest absolute Gasteiger partial charge is 0.494 e. The molecule has 33 heavy (non-hydrogen) atoms. The summed E-state index contributed by atoms with van der Waals surface area (Å²) >= 11 is 7.80. The Kier molecular flexibility index (Phi) is 5.94. The second kappa shape index (κ2) is 9.17. The lowest BCUT2D eigenvalue weighted by molar-refractivity contribution is -0.118. The van der Waals surface area contributed by atoms with Crippen molar-refractivity contribution in [2.24, 2.45) is 0 Å². The molecule has 0 saturated heterocycles. The molecular weight excluding hydrogens is 454 g/mol. The van der Waals surface area contributed by atoms with E-state index >= 15 is 0 Å². The van der Waals surface area contributed by atoms with E-state index in [9.17, 15) is 4.79 Å². The van der Waals surface area contributed by atoms with Crippen molar-refractivity contribution >= 4 is 55.0 Å². The molecule has 0 fully saturated rings. The summed E-state index contributed by atoms with van der Waals surface area (Å²) in [5, 5.41) is 3.39. The quantitative estimate of drug-likeness (QED) is 0.291. The highest BCUT2D eigenvalue weighted by molar-refractivity contribution is 7.23. The molecule has 0 aliphatic heterocycles. The number of rotatable bonds is 6. The van der Waals surface area contributed by atoms with E-state index in [4.69, 9.17) is 21.3 Å². The molecule has 1 amide bonds. The Morgan fingerprint density at radius 1 is 1.03 bits per heavy atom. The van der Waals surface area contributed by atoms with Crippen LogP contribution >= 0.6 is 22.9 Å². The van der Waals surface area contributed by atoms with Gasteiger partial charge in [0.15, 0.2) is 5.13 Å². The summed E-state index contributed by atoms with van der Waals surface area (Å²) in [5.41, 5.74) is 2.37. The fourth-order valence-corrected chi connectivity index (χ4v) is 5.03. The average Bonchev–Trinajstić information content (AvgIpc) is 3.29. The third-order valence-corrected chi connectivity index (χ3v) is 6.95. The normalized spacial score (nSPS) is 11.1. The highest BCUT2D eigenvalue weighted by Crippen LogP contribution is 2.39. The predicted molar refractivity (Wildman–Crippen MR) is 134 cm³/mol. The zero-order chi connectivity index (χ0) is 22.8. The van der Waals surface area contributed by atoms with Gasteiger partial charge in [-0.25, -0.2) is 4.98 Å². The van der Waals surface area contributed by atoms with Crippen LogP contribution in [0.4, 0.5) is 5.13 Å². The van der Waals surface area contributed by atoms with E-state index in [1.165, 1.54) is 11.3 Å². The molecule has 0 aliphatic rings. The lowest BCUT2D eigenvalue weighted by Crippen LogP contribution is -2.32. The number of pyridine rings is 1. The van der Waals surface area contributed by atoms with Gasteiger partial charge in [0.1, 0.15) is 11.3 Å². The highest BCUT2D eigenvalue weighted by Gasteiger charge is 2.23. The van der Waals surface area contributed by atoms with Crippen molar-refractivity contribution in [1.29, 1.82) is 0 Å². The number of nitrogens with zero attached hydrogens (tertiary/aromatic N) is 3. The molecule has 7 heteroatoms. The van der Waals surface area contributed by atoms with E-state index in [2.05, 4.69) is 23.2 Å². The molecule has 0 bridgehead atoms. The summed E-state index contributed by atoms with van der Waals surface area (Å²) in [6, 6.07) is 23.5. The lowest BCUT2D eigenvalue weighted by atomic mass is 10.0. The van der Waals surface area contributed by atoms with Crippen molar-refractivity contribution in [3.63, 3.8) is 0 Å². The van der Waals surface area contributed by atoms with E-state index < -0.39 is 0 Å². The third kappa shape index (κ3) is 4.40. The van der Waals surface area contributed by atoms with Gasteiger partial charge >= 0.3 is 0 Å². The molecule has 0 saturated carbocycles. The molecule has 0 N–H and O–H groups in total. The molecule has 0 aliphatic carbocycles. The Bertz CT molecular complexity index is 1450. The average molecular weight is 474 g/mol. The van der Waals surface area contributed by atoms with E-state index in [1.807, 2.05) is 42.5 Å². The fraction of sp³-hybridized carbons (Fsp3) is 0.115. The molecule has 5 nitrogen and oxygen atoms in total. The minimum Gasteiger partial charge on any atom is -0.494 e. The van der Waals surface area contributed by atoms with E-state index in [1.54, 1.807) is 30.3 Å². The maximum Gasteiger partial charge on any atom is 0.233 e. The summed E-state index contributed by atoms with van der Waals surface area (Å²) in [6.45, 7) is 0.313. The Morgan fingerprint density at radius 3 is 2.64 bits per heavy atom. The zero-order valence-corrected chi connectivity index (χ0v) is 19.4. The summed E-state index contributed by atoms with van der Waals surface area (Å²) in [5.74, 6) is 0.557. The van der Waals surface area contributed by atoms with Crippen LogP contribution in [0.3, 0.4) is 0 Å². The van der Waals surface area contributed by atoms with Crippen LogP contribution in [-0.2, 0) is 17.8 Å². The number of halogens is 1.